The summed E-state index contributed by atoms with van der Waals surface area (Å²) in [4.78, 5) is 43.7. The van der Waals surface area contributed by atoms with Gasteiger partial charge in [0.25, 0.3) is 0 Å². The van der Waals surface area contributed by atoms with Crippen molar-refractivity contribution in [2.45, 2.75) is 37.9 Å². The molecule has 0 fully saturated rings. The van der Waals surface area contributed by atoms with Crippen molar-refractivity contribution in [3.05, 3.63) is 107 Å². The molecule has 0 unspecified atom stereocenters. The number of carbonyl (C=O) groups is 3. The van der Waals surface area contributed by atoms with Crippen LogP contribution in [0.15, 0.2) is 89.9 Å². The molecule has 4 amide bonds. The standard InChI is InChI=1S/C29H35N7O3/c30-26(37)24(12-7-17-34-28(31)32)36(19-21-15-13-20(14-16-21)18-35-29(33)39)27(38)25(22-8-3-1-4-9-22)23-10-5-2-6-11-23/h1-6,8-11,13-16,24-25H,7,12,17-19H2,(H2,30,37)(H4,31,32,34)(H3,33,35,39)/t24-/m0/s1. The van der Waals surface area contributed by atoms with Gasteiger partial charge in [0.05, 0.1) is 5.92 Å². The van der Waals surface area contributed by atoms with Crippen molar-refractivity contribution in [1.29, 1.82) is 0 Å². The second-order valence-corrected chi connectivity index (χ2v) is 9.12. The summed E-state index contributed by atoms with van der Waals surface area (Å²) in [5, 5.41) is 2.55. The molecule has 0 saturated heterocycles. The van der Waals surface area contributed by atoms with Crippen molar-refractivity contribution in [3.8, 4) is 0 Å². The quantitative estimate of drug-likeness (QED) is 0.128. The van der Waals surface area contributed by atoms with Crippen LogP contribution in [0.2, 0.25) is 0 Å². The first kappa shape index (κ1) is 28.7. The minimum absolute atomic E-state index is 0.0438. The molecular weight excluding hydrogens is 494 g/mol. The van der Waals surface area contributed by atoms with Crippen molar-refractivity contribution in [2.24, 2.45) is 27.9 Å². The zero-order chi connectivity index (χ0) is 28.2. The zero-order valence-electron chi connectivity index (χ0n) is 21.7. The van der Waals surface area contributed by atoms with E-state index in [2.05, 4.69) is 10.3 Å². The monoisotopic (exact) mass is 529 g/mol. The van der Waals surface area contributed by atoms with Gasteiger partial charge < -0.3 is 33.2 Å². The molecule has 0 heterocycles. The number of hydrogen-bond donors (Lipinski definition) is 5. The van der Waals surface area contributed by atoms with E-state index in [-0.39, 0.29) is 31.4 Å². The van der Waals surface area contributed by atoms with Crippen LogP contribution in [0.5, 0.6) is 0 Å². The highest BCUT2D eigenvalue weighted by molar-refractivity contribution is 5.92. The van der Waals surface area contributed by atoms with Gasteiger partial charge in [0.15, 0.2) is 5.96 Å². The second kappa shape index (κ2) is 14.2. The van der Waals surface area contributed by atoms with E-state index in [9.17, 15) is 14.4 Å². The second-order valence-electron chi connectivity index (χ2n) is 9.12. The Hall–Kier alpha value is -4.86. The Morgan fingerprint density at radius 3 is 1.79 bits per heavy atom. The molecule has 0 radical (unpaired) electrons. The van der Waals surface area contributed by atoms with Crippen LogP contribution in [0.4, 0.5) is 4.79 Å². The molecule has 0 aliphatic carbocycles. The largest absolute Gasteiger partial charge is 0.370 e. The number of benzene rings is 3. The summed E-state index contributed by atoms with van der Waals surface area (Å²) >= 11 is 0. The fraction of sp³-hybridized carbons (Fsp3) is 0.241. The third kappa shape index (κ3) is 8.60. The fourth-order valence-corrected chi connectivity index (χ4v) is 4.37. The number of guanidine groups is 1. The minimum Gasteiger partial charge on any atom is -0.370 e. The maximum Gasteiger partial charge on any atom is 0.312 e. The number of nitrogens with two attached hydrogens (primary N) is 4. The Bertz CT molecular complexity index is 1220. The van der Waals surface area contributed by atoms with Crippen LogP contribution >= 0.6 is 0 Å². The first-order chi connectivity index (χ1) is 18.8. The number of aliphatic imine (C=N–C) groups is 1. The van der Waals surface area contributed by atoms with E-state index >= 15 is 0 Å². The molecule has 0 aromatic heterocycles. The van der Waals surface area contributed by atoms with Crippen molar-refractivity contribution in [2.75, 3.05) is 6.54 Å². The van der Waals surface area contributed by atoms with Gasteiger partial charge in [0, 0.05) is 19.6 Å². The summed E-state index contributed by atoms with van der Waals surface area (Å²) in [6.45, 7) is 0.724. The summed E-state index contributed by atoms with van der Waals surface area (Å²) in [6.07, 6.45) is 0.739. The van der Waals surface area contributed by atoms with Crippen molar-refractivity contribution >= 4 is 23.8 Å². The molecule has 0 bridgehead atoms. The fourth-order valence-electron chi connectivity index (χ4n) is 4.37. The Morgan fingerprint density at radius 1 is 0.769 bits per heavy atom. The van der Waals surface area contributed by atoms with Crippen molar-refractivity contribution < 1.29 is 14.4 Å². The Kier molecular flexibility index (Phi) is 10.4. The van der Waals surface area contributed by atoms with Crippen LogP contribution in [0.1, 0.15) is 41.0 Å². The molecule has 10 heteroatoms. The number of urea groups is 1. The van der Waals surface area contributed by atoms with Crippen LogP contribution in [0, 0.1) is 0 Å². The molecule has 204 valence electrons. The highest BCUT2D eigenvalue weighted by Gasteiger charge is 2.34. The van der Waals surface area contributed by atoms with Gasteiger partial charge in [-0.25, -0.2) is 4.79 Å². The van der Waals surface area contributed by atoms with E-state index < -0.39 is 23.9 Å². The lowest BCUT2D eigenvalue weighted by Crippen LogP contribution is -2.49. The maximum atomic E-state index is 14.4. The summed E-state index contributed by atoms with van der Waals surface area (Å²) < 4.78 is 0. The molecule has 0 spiro atoms. The van der Waals surface area contributed by atoms with Gasteiger partial charge in [-0.1, -0.05) is 84.9 Å². The highest BCUT2D eigenvalue weighted by Crippen LogP contribution is 2.29. The number of nitrogens with zero attached hydrogens (tertiary/aromatic N) is 2. The van der Waals surface area contributed by atoms with Crippen LogP contribution in [0.3, 0.4) is 0 Å². The molecule has 9 N–H and O–H groups in total. The number of rotatable bonds is 13. The molecule has 3 rings (SSSR count). The van der Waals surface area contributed by atoms with Crippen LogP contribution in [0.25, 0.3) is 0 Å². The van der Waals surface area contributed by atoms with Gasteiger partial charge in [0.1, 0.15) is 6.04 Å². The molecule has 10 nitrogen and oxygen atoms in total. The number of carbonyl (C=O) groups excluding carboxylic acids is 3. The third-order valence-electron chi connectivity index (χ3n) is 6.27. The summed E-state index contributed by atoms with van der Waals surface area (Å²) in [5.41, 5.74) is 25.1. The number of amides is 4. The van der Waals surface area contributed by atoms with E-state index in [0.29, 0.717) is 13.0 Å². The van der Waals surface area contributed by atoms with E-state index in [0.717, 1.165) is 22.3 Å². The SMILES string of the molecule is NC(=O)NCc1ccc(CN(C(=O)C(c2ccccc2)c2ccccc2)[C@@H](CCCN=C(N)N)C(N)=O)cc1. The van der Waals surface area contributed by atoms with Gasteiger partial charge in [-0.3, -0.25) is 14.6 Å². The molecule has 0 aliphatic heterocycles. The van der Waals surface area contributed by atoms with Gasteiger partial charge >= 0.3 is 6.03 Å². The van der Waals surface area contributed by atoms with E-state index in [1.54, 1.807) is 4.90 Å². The van der Waals surface area contributed by atoms with Crippen LogP contribution in [-0.4, -0.2) is 41.3 Å². The van der Waals surface area contributed by atoms with Crippen LogP contribution in [-0.2, 0) is 22.7 Å². The summed E-state index contributed by atoms with van der Waals surface area (Å²) in [5.74, 6) is -1.56. The molecule has 0 saturated carbocycles. The molecular formula is C29H35N7O3. The van der Waals surface area contributed by atoms with Crippen LogP contribution < -0.4 is 28.3 Å². The van der Waals surface area contributed by atoms with Crippen molar-refractivity contribution in [3.63, 3.8) is 0 Å². The molecule has 3 aromatic carbocycles. The predicted octanol–water partition coefficient (Wildman–Crippen LogP) is 1.92. The lowest BCUT2D eigenvalue weighted by molar-refractivity contribution is -0.141. The summed E-state index contributed by atoms with van der Waals surface area (Å²) in [7, 11) is 0. The number of hydrogen-bond acceptors (Lipinski definition) is 4. The Balaban J connectivity index is 1.98. The normalized spacial score (nSPS) is 11.4. The average Bonchev–Trinajstić information content (AvgIpc) is 2.92. The first-order valence-corrected chi connectivity index (χ1v) is 12.6. The summed E-state index contributed by atoms with van der Waals surface area (Å²) in [6, 6.07) is 24.7. The molecule has 1 atom stereocenters. The van der Waals surface area contributed by atoms with E-state index in [1.807, 2.05) is 84.9 Å². The topological polar surface area (TPSA) is 183 Å². The van der Waals surface area contributed by atoms with Gasteiger partial charge in [-0.15, -0.1) is 0 Å². The van der Waals surface area contributed by atoms with Gasteiger partial charge in [0.2, 0.25) is 11.8 Å². The average molecular weight is 530 g/mol. The lowest BCUT2D eigenvalue weighted by Gasteiger charge is -2.33. The van der Waals surface area contributed by atoms with Gasteiger partial charge in [-0.2, -0.15) is 0 Å². The van der Waals surface area contributed by atoms with E-state index in [4.69, 9.17) is 22.9 Å². The predicted molar refractivity (Wildman–Crippen MR) is 151 cm³/mol. The molecule has 39 heavy (non-hydrogen) atoms. The molecule has 3 aromatic rings. The Labute approximate surface area is 228 Å². The first-order valence-electron chi connectivity index (χ1n) is 12.6. The highest BCUT2D eigenvalue weighted by atomic mass is 16.2. The zero-order valence-corrected chi connectivity index (χ0v) is 21.7. The number of nitrogens with one attached hydrogen (secondary N) is 1. The van der Waals surface area contributed by atoms with E-state index in [1.165, 1.54) is 0 Å². The smallest absolute Gasteiger partial charge is 0.312 e. The maximum absolute atomic E-state index is 14.4. The van der Waals surface area contributed by atoms with Gasteiger partial charge in [-0.05, 0) is 35.1 Å². The Morgan fingerprint density at radius 2 is 1.31 bits per heavy atom. The minimum atomic E-state index is -0.891. The lowest BCUT2D eigenvalue weighted by atomic mass is 9.89. The molecule has 0 aliphatic rings. The third-order valence-corrected chi connectivity index (χ3v) is 6.27. The number of primary amides is 2. The van der Waals surface area contributed by atoms with Crippen molar-refractivity contribution in [1.82, 2.24) is 10.2 Å².